The van der Waals surface area contributed by atoms with Gasteiger partial charge in [-0.15, -0.1) is 16.4 Å². The highest BCUT2D eigenvalue weighted by atomic mass is 32.1. The molecule has 6 nitrogen and oxygen atoms in total. The van der Waals surface area contributed by atoms with Gasteiger partial charge in [0.25, 0.3) is 5.56 Å². The van der Waals surface area contributed by atoms with Crippen molar-refractivity contribution in [2.24, 2.45) is 0 Å². The van der Waals surface area contributed by atoms with Gasteiger partial charge in [0.05, 0.1) is 18.2 Å². The highest BCUT2D eigenvalue weighted by molar-refractivity contribution is 7.15. The lowest BCUT2D eigenvalue weighted by Crippen LogP contribution is -2.23. The molecule has 0 spiro atoms. The standard InChI is InChI=1S/C20H17N3O3S2/c1-3-26-15-8-6-13(11-16(15)25-2)12-17-19(24)23-20(28-17)21-18(22-23)9-7-14-5-4-10-27-14/h4-12H,3H2,1-2H3/b9-7+,17-12-. The van der Waals surface area contributed by atoms with Crippen molar-refractivity contribution in [1.29, 1.82) is 0 Å². The zero-order chi connectivity index (χ0) is 19.5. The van der Waals surface area contributed by atoms with Crippen LogP contribution < -0.4 is 19.6 Å². The van der Waals surface area contributed by atoms with Gasteiger partial charge in [0, 0.05) is 4.88 Å². The first-order valence-corrected chi connectivity index (χ1v) is 10.3. The van der Waals surface area contributed by atoms with Gasteiger partial charge in [-0.2, -0.15) is 9.50 Å². The molecule has 0 atom stereocenters. The van der Waals surface area contributed by atoms with Crippen LogP contribution in [0.1, 0.15) is 23.2 Å². The van der Waals surface area contributed by atoms with Crippen LogP contribution in [-0.4, -0.2) is 28.3 Å². The monoisotopic (exact) mass is 411 g/mol. The lowest BCUT2D eigenvalue weighted by molar-refractivity contribution is 0.311. The number of nitrogens with zero attached hydrogens (tertiary/aromatic N) is 3. The van der Waals surface area contributed by atoms with Crippen LogP contribution in [0.4, 0.5) is 0 Å². The molecule has 0 aliphatic rings. The van der Waals surface area contributed by atoms with E-state index in [1.165, 1.54) is 15.9 Å². The first-order chi connectivity index (χ1) is 13.7. The van der Waals surface area contributed by atoms with Gasteiger partial charge < -0.3 is 9.47 Å². The van der Waals surface area contributed by atoms with E-state index in [0.29, 0.717) is 33.4 Å². The number of ether oxygens (including phenoxy) is 2. The van der Waals surface area contributed by atoms with Crippen LogP contribution in [0.15, 0.2) is 40.5 Å². The van der Waals surface area contributed by atoms with E-state index < -0.39 is 0 Å². The van der Waals surface area contributed by atoms with Gasteiger partial charge in [-0.1, -0.05) is 23.5 Å². The highest BCUT2D eigenvalue weighted by Crippen LogP contribution is 2.28. The molecular weight excluding hydrogens is 394 g/mol. The highest BCUT2D eigenvalue weighted by Gasteiger charge is 2.10. The van der Waals surface area contributed by atoms with E-state index >= 15 is 0 Å². The van der Waals surface area contributed by atoms with Crippen molar-refractivity contribution >= 4 is 45.9 Å². The first kappa shape index (κ1) is 18.4. The Bertz CT molecular complexity index is 1240. The Morgan fingerprint density at radius 3 is 2.82 bits per heavy atom. The molecule has 0 aliphatic carbocycles. The molecule has 0 amide bonds. The number of hydrogen-bond acceptors (Lipinski definition) is 7. The topological polar surface area (TPSA) is 65.7 Å². The van der Waals surface area contributed by atoms with Gasteiger partial charge in [-0.25, -0.2) is 0 Å². The molecule has 1 aromatic carbocycles. The minimum absolute atomic E-state index is 0.184. The van der Waals surface area contributed by atoms with Crippen molar-refractivity contribution in [3.05, 3.63) is 66.9 Å². The summed E-state index contributed by atoms with van der Waals surface area (Å²) in [6.45, 7) is 2.47. The van der Waals surface area contributed by atoms with Crippen LogP contribution in [0.5, 0.6) is 11.5 Å². The largest absolute Gasteiger partial charge is 0.493 e. The maximum Gasteiger partial charge on any atom is 0.291 e. The Labute approximate surface area is 169 Å². The predicted molar refractivity (Wildman–Crippen MR) is 113 cm³/mol. The van der Waals surface area contributed by atoms with Gasteiger partial charge in [-0.05, 0) is 54.3 Å². The second-order valence-electron chi connectivity index (χ2n) is 5.77. The maximum atomic E-state index is 12.7. The Morgan fingerprint density at radius 2 is 2.11 bits per heavy atom. The molecule has 0 saturated heterocycles. The summed E-state index contributed by atoms with van der Waals surface area (Å²) in [7, 11) is 1.59. The Morgan fingerprint density at radius 1 is 1.21 bits per heavy atom. The third kappa shape index (κ3) is 3.69. The summed E-state index contributed by atoms with van der Waals surface area (Å²) in [5.74, 6) is 1.82. The molecule has 0 radical (unpaired) electrons. The molecule has 0 N–H and O–H groups in total. The molecule has 0 saturated carbocycles. The minimum Gasteiger partial charge on any atom is -0.493 e. The quantitative estimate of drug-likeness (QED) is 0.487. The summed E-state index contributed by atoms with van der Waals surface area (Å²) in [5.41, 5.74) is 0.663. The van der Waals surface area contributed by atoms with Crippen molar-refractivity contribution in [1.82, 2.24) is 14.6 Å². The van der Waals surface area contributed by atoms with E-state index in [1.807, 2.05) is 60.9 Å². The van der Waals surface area contributed by atoms with Gasteiger partial charge in [0.15, 0.2) is 17.3 Å². The fourth-order valence-corrected chi connectivity index (χ4v) is 4.20. The van der Waals surface area contributed by atoms with Gasteiger partial charge in [0.1, 0.15) is 0 Å². The van der Waals surface area contributed by atoms with Gasteiger partial charge >= 0.3 is 0 Å². The third-order valence-electron chi connectivity index (χ3n) is 3.92. The molecular formula is C20H17N3O3S2. The second kappa shape index (κ2) is 7.95. The van der Waals surface area contributed by atoms with Gasteiger partial charge in [-0.3, -0.25) is 4.79 Å². The Kier molecular flexibility index (Phi) is 5.23. The van der Waals surface area contributed by atoms with Crippen LogP contribution in [0.2, 0.25) is 0 Å². The van der Waals surface area contributed by atoms with Crippen LogP contribution in [0.3, 0.4) is 0 Å². The van der Waals surface area contributed by atoms with Crippen molar-refractivity contribution in [3.63, 3.8) is 0 Å². The van der Waals surface area contributed by atoms with Crippen molar-refractivity contribution in [2.75, 3.05) is 13.7 Å². The van der Waals surface area contributed by atoms with Crippen molar-refractivity contribution in [3.8, 4) is 11.5 Å². The Balaban J connectivity index is 1.67. The third-order valence-corrected chi connectivity index (χ3v) is 5.72. The van der Waals surface area contributed by atoms with Crippen LogP contribution in [-0.2, 0) is 0 Å². The van der Waals surface area contributed by atoms with Crippen LogP contribution in [0.25, 0.3) is 23.2 Å². The Hall–Kier alpha value is -2.97. The summed E-state index contributed by atoms with van der Waals surface area (Å²) in [6.07, 6.45) is 5.56. The number of benzene rings is 1. The number of thiophene rings is 1. The fourth-order valence-electron chi connectivity index (χ4n) is 2.66. The molecule has 28 heavy (non-hydrogen) atoms. The van der Waals surface area contributed by atoms with Gasteiger partial charge in [0.2, 0.25) is 4.96 Å². The summed E-state index contributed by atoms with van der Waals surface area (Å²) >= 11 is 2.94. The minimum atomic E-state index is -0.184. The molecule has 4 aromatic rings. The summed E-state index contributed by atoms with van der Waals surface area (Å²) < 4.78 is 12.8. The first-order valence-electron chi connectivity index (χ1n) is 8.61. The molecule has 0 fully saturated rings. The van der Waals surface area contributed by atoms with E-state index in [4.69, 9.17) is 9.47 Å². The summed E-state index contributed by atoms with van der Waals surface area (Å²) in [4.78, 5) is 18.8. The number of aromatic nitrogens is 3. The number of rotatable bonds is 6. The van der Waals surface area contributed by atoms with E-state index in [2.05, 4.69) is 10.1 Å². The SMILES string of the molecule is CCOc1ccc(/C=c2\sc3nc(/C=C/c4cccs4)nn3c2=O)cc1OC. The van der Waals surface area contributed by atoms with E-state index in [9.17, 15) is 4.79 Å². The number of hydrogen-bond donors (Lipinski definition) is 0. The lowest BCUT2D eigenvalue weighted by atomic mass is 10.2. The summed E-state index contributed by atoms with van der Waals surface area (Å²) in [6, 6.07) is 9.56. The molecule has 4 rings (SSSR count). The molecule has 0 aliphatic heterocycles. The second-order valence-corrected chi connectivity index (χ2v) is 7.76. The van der Waals surface area contributed by atoms with Crippen molar-refractivity contribution < 1.29 is 9.47 Å². The molecule has 3 aromatic heterocycles. The smallest absolute Gasteiger partial charge is 0.291 e. The van der Waals surface area contributed by atoms with Crippen molar-refractivity contribution in [2.45, 2.75) is 6.92 Å². The molecule has 3 heterocycles. The number of fused-ring (bicyclic) bond motifs is 1. The molecule has 8 heteroatoms. The molecule has 0 bridgehead atoms. The molecule has 142 valence electrons. The van der Waals surface area contributed by atoms with E-state index in [-0.39, 0.29) is 5.56 Å². The zero-order valence-corrected chi connectivity index (χ0v) is 16.9. The average molecular weight is 412 g/mol. The predicted octanol–water partition coefficient (Wildman–Crippen LogP) is 3.34. The average Bonchev–Trinajstić information content (AvgIpc) is 3.41. The zero-order valence-electron chi connectivity index (χ0n) is 15.3. The number of methoxy groups -OCH3 is 1. The maximum absolute atomic E-state index is 12.7. The van der Waals surface area contributed by atoms with Crippen LogP contribution >= 0.6 is 22.7 Å². The van der Waals surface area contributed by atoms with E-state index in [0.717, 1.165) is 10.4 Å². The normalized spacial score (nSPS) is 12.3. The van der Waals surface area contributed by atoms with Crippen LogP contribution in [0, 0.1) is 0 Å². The van der Waals surface area contributed by atoms with E-state index in [1.54, 1.807) is 18.4 Å². The fraction of sp³-hybridized carbons (Fsp3) is 0.150. The lowest BCUT2D eigenvalue weighted by Gasteiger charge is -2.09. The molecule has 0 unspecified atom stereocenters. The summed E-state index contributed by atoms with van der Waals surface area (Å²) in [5, 5.41) is 6.31. The number of thiazole rings is 1.